The molecule has 1 unspecified atom stereocenters. The standard InChI is InChI=1S/C15H13N3O5/c1-23-15(12-7-3-5-9-14(12)18(21)22)16-10-11-6-2-4-8-13(11)17(19)20/h2-10,15H,1H3/b16-10-. The first-order valence-electron chi connectivity index (χ1n) is 6.57. The summed E-state index contributed by atoms with van der Waals surface area (Å²) in [5.41, 5.74) is 0.334. The summed E-state index contributed by atoms with van der Waals surface area (Å²) in [5.74, 6) is 0. The highest BCUT2D eigenvalue weighted by Crippen LogP contribution is 2.28. The lowest BCUT2D eigenvalue weighted by atomic mass is 10.1. The van der Waals surface area contributed by atoms with Crippen LogP contribution in [-0.2, 0) is 4.74 Å². The third kappa shape index (κ3) is 3.74. The Morgan fingerprint density at radius 2 is 1.57 bits per heavy atom. The molecule has 0 spiro atoms. The van der Waals surface area contributed by atoms with Gasteiger partial charge >= 0.3 is 0 Å². The van der Waals surface area contributed by atoms with Crippen LogP contribution in [0.15, 0.2) is 53.5 Å². The summed E-state index contributed by atoms with van der Waals surface area (Å²) in [6.07, 6.45) is 0.347. The van der Waals surface area contributed by atoms with E-state index in [0.29, 0.717) is 0 Å². The highest BCUT2D eigenvalue weighted by Gasteiger charge is 2.20. The molecular formula is C15H13N3O5. The number of aliphatic imine (C=N–C) groups is 1. The Labute approximate surface area is 131 Å². The minimum absolute atomic E-state index is 0.103. The van der Waals surface area contributed by atoms with Crippen LogP contribution in [0.25, 0.3) is 0 Å². The summed E-state index contributed by atoms with van der Waals surface area (Å²) in [7, 11) is 1.36. The van der Waals surface area contributed by atoms with Crippen LogP contribution in [0.5, 0.6) is 0 Å². The summed E-state index contributed by atoms with van der Waals surface area (Å²) in [6, 6.07) is 12.1. The van der Waals surface area contributed by atoms with Crippen LogP contribution in [0.3, 0.4) is 0 Å². The zero-order valence-electron chi connectivity index (χ0n) is 12.2. The van der Waals surface area contributed by atoms with Gasteiger partial charge in [0.05, 0.1) is 21.0 Å². The van der Waals surface area contributed by atoms with Crippen molar-refractivity contribution in [2.24, 2.45) is 4.99 Å². The van der Waals surface area contributed by atoms with Crippen molar-refractivity contribution >= 4 is 17.6 Å². The van der Waals surface area contributed by atoms with E-state index in [2.05, 4.69) is 4.99 Å². The van der Waals surface area contributed by atoms with E-state index in [1.165, 1.54) is 37.6 Å². The highest BCUT2D eigenvalue weighted by atomic mass is 16.6. The zero-order valence-corrected chi connectivity index (χ0v) is 12.2. The third-order valence-corrected chi connectivity index (χ3v) is 3.11. The Balaban J connectivity index is 2.38. The van der Waals surface area contributed by atoms with Crippen molar-refractivity contribution < 1.29 is 14.6 Å². The Kier molecular flexibility index (Phi) is 5.11. The second-order valence-electron chi connectivity index (χ2n) is 4.50. The van der Waals surface area contributed by atoms with Gasteiger partial charge in [-0.15, -0.1) is 0 Å². The largest absolute Gasteiger partial charge is 0.355 e. The molecular weight excluding hydrogens is 302 g/mol. The van der Waals surface area contributed by atoms with E-state index in [4.69, 9.17) is 4.74 Å². The Morgan fingerprint density at radius 1 is 1.00 bits per heavy atom. The molecule has 0 fully saturated rings. The van der Waals surface area contributed by atoms with E-state index in [1.54, 1.807) is 24.3 Å². The first-order valence-corrected chi connectivity index (χ1v) is 6.57. The number of methoxy groups -OCH3 is 1. The summed E-state index contributed by atoms with van der Waals surface area (Å²) in [5, 5.41) is 22.0. The van der Waals surface area contributed by atoms with Gasteiger partial charge in [-0.2, -0.15) is 0 Å². The first-order chi connectivity index (χ1) is 11.0. The van der Waals surface area contributed by atoms with Gasteiger partial charge in [0, 0.05) is 25.5 Å². The van der Waals surface area contributed by atoms with Crippen molar-refractivity contribution in [1.82, 2.24) is 0 Å². The molecule has 118 valence electrons. The Hall–Kier alpha value is -3.13. The maximum Gasteiger partial charge on any atom is 0.278 e. The molecule has 0 bridgehead atoms. The van der Waals surface area contributed by atoms with Gasteiger partial charge < -0.3 is 4.74 Å². The van der Waals surface area contributed by atoms with Crippen LogP contribution in [-0.4, -0.2) is 23.2 Å². The number of benzene rings is 2. The molecule has 0 aliphatic rings. The average molecular weight is 315 g/mol. The van der Waals surface area contributed by atoms with Gasteiger partial charge in [-0.25, -0.2) is 0 Å². The van der Waals surface area contributed by atoms with E-state index < -0.39 is 16.1 Å². The molecule has 1 atom stereocenters. The summed E-state index contributed by atoms with van der Waals surface area (Å²) < 4.78 is 5.18. The van der Waals surface area contributed by atoms with Crippen molar-refractivity contribution in [1.29, 1.82) is 0 Å². The first kappa shape index (κ1) is 16.2. The van der Waals surface area contributed by atoms with Crippen LogP contribution >= 0.6 is 0 Å². The molecule has 0 amide bonds. The van der Waals surface area contributed by atoms with Gasteiger partial charge in [-0.3, -0.25) is 25.2 Å². The molecule has 0 aliphatic heterocycles. The monoisotopic (exact) mass is 315 g/mol. The van der Waals surface area contributed by atoms with Gasteiger partial charge in [0.15, 0.2) is 6.23 Å². The number of nitro benzene ring substituents is 2. The molecule has 2 rings (SSSR count). The second-order valence-corrected chi connectivity index (χ2v) is 4.50. The summed E-state index contributed by atoms with van der Waals surface area (Å²) in [6.45, 7) is 0. The Morgan fingerprint density at radius 3 is 2.17 bits per heavy atom. The van der Waals surface area contributed by atoms with Crippen LogP contribution in [0.4, 0.5) is 11.4 Å². The third-order valence-electron chi connectivity index (χ3n) is 3.11. The predicted molar refractivity (Wildman–Crippen MR) is 83.5 cm³/mol. The minimum atomic E-state index is -0.934. The second kappa shape index (κ2) is 7.23. The number of hydrogen-bond acceptors (Lipinski definition) is 6. The highest BCUT2D eigenvalue weighted by molar-refractivity contribution is 5.85. The fourth-order valence-electron chi connectivity index (χ4n) is 2.04. The molecule has 0 saturated carbocycles. The number of para-hydroxylation sites is 2. The minimum Gasteiger partial charge on any atom is -0.355 e. The van der Waals surface area contributed by atoms with Crippen LogP contribution in [0.1, 0.15) is 17.4 Å². The molecule has 0 saturated heterocycles. The molecule has 0 radical (unpaired) electrons. The van der Waals surface area contributed by atoms with Gasteiger partial charge in [-0.05, 0) is 12.1 Å². The predicted octanol–water partition coefficient (Wildman–Crippen LogP) is 3.27. The topological polar surface area (TPSA) is 108 Å². The quantitative estimate of drug-likeness (QED) is 0.462. The number of nitro groups is 2. The molecule has 23 heavy (non-hydrogen) atoms. The molecule has 0 aromatic heterocycles. The molecule has 8 heteroatoms. The SMILES string of the molecule is COC(/N=C\c1ccccc1[N+](=O)[O-])c1ccccc1[N+](=O)[O-]. The fraction of sp³-hybridized carbons (Fsp3) is 0.133. The smallest absolute Gasteiger partial charge is 0.278 e. The lowest BCUT2D eigenvalue weighted by Crippen LogP contribution is -2.04. The van der Waals surface area contributed by atoms with Gasteiger partial charge in [0.2, 0.25) is 0 Å². The summed E-state index contributed by atoms with van der Waals surface area (Å²) >= 11 is 0. The molecule has 0 N–H and O–H groups in total. The number of ether oxygens (including phenoxy) is 1. The Bertz CT molecular complexity index is 760. The van der Waals surface area contributed by atoms with Crippen LogP contribution < -0.4 is 0 Å². The number of nitrogens with zero attached hydrogens (tertiary/aromatic N) is 3. The molecule has 0 heterocycles. The van der Waals surface area contributed by atoms with Crippen molar-refractivity contribution in [3.05, 3.63) is 79.9 Å². The lowest BCUT2D eigenvalue weighted by molar-refractivity contribution is -0.386. The lowest BCUT2D eigenvalue weighted by Gasteiger charge is -2.11. The van der Waals surface area contributed by atoms with Gasteiger partial charge in [-0.1, -0.05) is 24.3 Å². The van der Waals surface area contributed by atoms with Crippen LogP contribution in [0, 0.1) is 20.2 Å². The zero-order chi connectivity index (χ0) is 16.8. The van der Waals surface area contributed by atoms with Crippen molar-refractivity contribution in [2.45, 2.75) is 6.23 Å². The van der Waals surface area contributed by atoms with E-state index >= 15 is 0 Å². The van der Waals surface area contributed by atoms with Crippen molar-refractivity contribution in [2.75, 3.05) is 7.11 Å². The van der Waals surface area contributed by atoms with Gasteiger partial charge in [0.1, 0.15) is 0 Å². The molecule has 0 aliphatic carbocycles. The number of hydrogen-bond donors (Lipinski definition) is 0. The molecule has 8 nitrogen and oxygen atoms in total. The molecule has 2 aromatic rings. The maximum atomic E-state index is 11.1. The van der Waals surface area contributed by atoms with E-state index in [0.717, 1.165) is 0 Å². The fourth-order valence-corrected chi connectivity index (χ4v) is 2.04. The van der Waals surface area contributed by atoms with Gasteiger partial charge in [0.25, 0.3) is 11.4 Å². The molecule has 2 aromatic carbocycles. The normalized spacial score (nSPS) is 12.2. The average Bonchev–Trinajstić information content (AvgIpc) is 2.56. The number of rotatable bonds is 6. The van der Waals surface area contributed by atoms with Crippen LogP contribution in [0.2, 0.25) is 0 Å². The summed E-state index contributed by atoms with van der Waals surface area (Å²) in [4.78, 5) is 25.1. The van der Waals surface area contributed by atoms with E-state index in [1.807, 2.05) is 0 Å². The van der Waals surface area contributed by atoms with Crippen molar-refractivity contribution in [3.63, 3.8) is 0 Å². The maximum absolute atomic E-state index is 11.1. The van der Waals surface area contributed by atoms with E-state index in [-0.39, 0.29) is 22.5 Å². The van der Waals surface area contributed by atoms with E-state index in [9.17, 15) is 20.2 Å². The van der Waals surface area contributed by atoms with Crippen molar-refractivity contribution in [3.8, 4) is 0 Å².